The highest BCUT2D eigenvalue weighted by Gasteiger charge is 2.01. The van der Waals surface area contributed by atoms with E-state index in [2.05, 4.69) is 10.3 Å². The minimum atomic E-state index is 0.290. The van der Waals surface area contributed by atoms with Crippen LogP contribution in [0.3, 0.4) is 0 Å². The number of hydrogen-bond donors (Lipinski definition) is 1. The number of halogens is 1. The van der Waals surface area contributed by atoms with Gasteiger partial charge in [0.05, 0.1) is 25.8 Å². The molecule has 0 bridgehead atoms. The number of amidine groups is 1. The Morgan fingerprint density at radius 3 is 1.95 bits per heavy atom. The molecule has 2 aromatic rings. The summed E-state index contributed by atoms with van der Waals surface area (Å²) in [5, 5.41) is 3.19. The number of methoxy groups -OCH3 is 2. The Balaban J connectivity index is 2.11. The monoisotopic (exact) mass is 304 g/mol. The first-order valence-corrected chi connectivity index (χ1v) is 6.97. The minimum absolute atomic E-state index is 0.290. The number of ether oxygens (including phenoxy) is 2. The summed E-state index contributed by atoms with van der Waals surface area (Å²) >= 11 is 5.94. The quantitative estimate of drug-likeness (QED) is 0.514. The number of nitrogens with zero attached hydrogens (tertiary/aromatic N) is 1. The van der Waals surface area contributed by atoms with Crippen molar-refractivity contribution in [3.8, 4) is 11.5 Å². The van der Waals surface area contributed by atoms with Gasteiger partial charge in [-0.1, -0.05) is 0 Å². The van der Waals surface area contributed by atoms with Gasteiger partial charge in [0.1, 0.15) is 17.3 Å². The van der Waals surface area contributed by atoms with Crippen molar-refractivity contribution < 1.29 is 9.47 Å². The van der Waals surface area contributed by atoms with Gasteiger partial charge in [0.15, 0.2) is 0 Å². The Labute approximate surface area is 129 Å². The summed E-state index contributed by atoms with van der Waals surface area (Å²) in [6.07, 6.45) is 0. The molecule has 1 N–H and O–H groups in total. The Morgan fingerprint density at radius 1 is 0.952 bits per heavy atom. The molecule has 0 aromatic heterocycles. The van der Waals surface area contributed by atoms with E-state index in [4.69, 9.17) is 21.1 Å². The summed E-state index contributed by atoms with van der Waals surface area (Å²) in [6.45, 7) is 0. The van der Waals surface area contributed by atoms with E-state index in [-0.39, 0.29) is 5.88 Å². The Kier molecular flexibility index (Phi) is 5.46. The van der Waals surface area contributed by atoms with Gasteiger partial charge in [0, 0.05) is 5.69 Å². The zero-order valence-electron chi connectivity index (χ0n) is 12.0. The van der Waals surface area contributed by atoms with Crippen LogP contribution in [0.5, 0.6) is 11.5 Å². The lowest BCUT2D eigenvalue weighted by Crippen LogP contribution is -2.13. The molecule has 0 unspecified atom stereocenters. The van der Waals surface area contributed by atoms with Crippen LogP contribution in [-0.2, 0) is 0 Å². The van der Waals surface area contributed by atoms with Gasteiger partial charge in [-0.3, -0.25) is 0 Å². The van der Waals surface area contributed by atoms with Crippen molar-refractivity contribution in [1.29, 1.82) is 0 Å². The zero-order chi connectivity index (χ0) is 15.1. The molecule has 0 spiro atoms. The topological polar surface area (TPSA) is 42.8 Å². The molecule has 4 nitrogen and oxygen atoms in total. The standard InChI is InChI=1S/C16H17ClN2O2/c1-20-14-7-3-12(4-8-14)18-16(11-17)19-13-5-9-15(21-2)10-6-13/h3-10H,11H2,1-2H3,(H,18,19). The highest BCUT2D eigenvalue weighted by molar-refractivity contribution is 6.30. The maximum absolute atomic E-state index is 5.94. The molecule has 0 aliphatic rings. The van der Waals surface area contributed by atoms with E-state index in [0.717, 1.165) is 22.9 Å². The molecule has 0 aliphatic heterocycles. The zero-order valence-corrected chi connectivity index (χ0v) is 12.7. The lowest BCUT2D eigenvalue weighted by molar-refractivity contribution is 0.415. The van der Waals surface area contributed by atoms with E-state index in [1.165, 1.54) is 0 Å². The second kappa shape index (κ2) is 7.55. The Hall–Kier alpha value is -2.20. The van der Waals surface area contributed by atoms with Crippen LogP contribution in [0.4, 0.5) is 11.4 Å². The van der Waals surface area contributed by atoms with Crippen molar-refractivity contribution in [3.05, 3.63) is 48.5 Å². The third-order valence-corrected chi connectivity index (χ3v) is 3.09. The number of alkyl halides is 1. The second-order valence-electron chi connectivity index (χ2n) is 4.24. The molecule has 0 aliphatic carbocycles. The van der Waals surface area contributed by atoms with Crippen LogP contribution in [0.1, 0.15) is 0 Å². The molecule has 2 rings (SSSR count). The molecule has 0 radical (unpaired) electrons. The number of benzene rings is 2. The fourth-order valence-corrected chi connectivity index (χ4v) is 1.87. The summed E-state index contributed by atoms with van der Waals surface area (Å²) in [5.41, 5.74) is 1.72. The lowest BCUT2D eigenvalue weighted by Gasteiger charge is -2.08. The van der Waals surface area contributed by atoms with Crippen LogP contribution in [0.15, 0.2) is 53.5 Å². The van der Waals surface area contributed by atoms with Crippen molar-refractivity contribution in [2.24, 2.45) is 4.99 Å². The fourth-order valence-electron chi connectivity index (χ4n) is 1.74. The average molecular weight is 305 g/mol. The third kappa shape index (κ3) is 4.39. The van der Waals surface area contributed by atoms with Gasteiger partial charge in [-0.15, -0.1) is 11.6 Å². The fraction of sp³-hybridized carbons (Fsp3) is 0.188. The first kappa shape index (κ1) is 15.2. The summed E-state index contributed by atoms with van der Waals surface area (Å²) in [6, 6.07) is 15.0. The molecule has 110 valence electrons. The van der Waals surface area contributed by atoms with E-state index in [9.17, 15) is 0 Å². The second-order valence-corrected chi connectivity index (χ2v) is 4.51. The molecular formula is C16H17ClN2O2. The van der Waals surface area contributed by atoms with Gasteiger partial charge in [-0.05, 0) is 48.5 Å². The molecule has 0 heterocycles. The number of anilines is 1. The molecule has 21 heavy (non-hydrogen) atoms. The third-order valence-electron chi connectivity index (χ3n) is 2.84. The van der Waals surface area contributed by atoms with Crippen LogP contribution in [0.2, 0.25) is 0 Å². The van der Waals surface area contributed by atoms with Crippen molar-refractivity contribution in [2.75, 3.05) is 25.4 Å². The molecule has 0 amide bonds. The van der Waals surface area contributed by atoms with Gasteiger partial charge in [0.25, 0.3) is 0 Å². The van der Waals surface area contributed by atoms with E-state index in [0.29, 0.717) is 5.84 Å². The number of nitrogens with one attached hydrogen (secondary N) is 1. The normalized spacial score (nSPS) is 11.1. The average Bonchev–Trinajstić information content (AvgIpc) is 2.55. The van der Waals surface area contributed by atoms with Gasteiger partial charge >= 0.3 is 0 Å². The van der Waals surface area contributed by atoms with E-state index >= 15 is 0 Å². The van der Waals surface area contributed by atoms with Crippen LogP contribution in [0.25, 0.3) is 0 Å². The largest absolute Gasteiger partial charge is 0.497 e. The molecular weight excluding hydrogens is 288 g/mol. The molecule has 2 aromatic carbocycles. The smallest absolute Gasteiger partial charge is 0.122 e. The Morgan fingerprint density at radius 2 is 1.48 bits per heavy atom. The maximum Gasteiger partial charge on any atom is 0.122 e. The molecule has 0 atom stereocenters. The summed E-state index contributed by atoms with van der Waals surface area (Å²) in [4.78, 5) is 4.48. The molecule has 0 saturated carbocycles. The van der Waals surface area contributed by atoms with Crippen LogP contribution < -0.4 is 14.8 Å². The summed E-state index contributed by atoms with van der Waals surface area (Å²) < 4.78 is 10.2. The predicted molar refractivity (Wildman–Crippen MR) is 87.4 cm³/mol. The van der Waals surface area contributed by atoms with Gasteiger partial charge in [-0.25, -0.2) is 4.99 Å². The predicted octanol–water partition coefficient (Wildman–Crippen LogP) is 4.08. The van der Waals surface area contributed by atoms with Crippen LogP contribution in [-0.4, -0.2) is 25.9 Å². The first-order valence-electron chi connectivity index (χ1n) is 6.44. The van der Waals surface area contributed by atoms with E-state index < -0.39 is 0 Å². The molecule has 0 saturated heterocycles. The van der Waals surface area contributed by atoms with Crippen LogP contribution >= 0.6 is 11.6 Å². The van der Waals surface area contributed by atoms with Gasteiger partial charge < -0.3 is 14.8 Å². The number of aliphatic imine (C=N–C) groups is 1. The Bertz CT molecular complexity index is 595. The molecule has 0 fully saturated rings. The lowest BCUT2D eigenvalue weighted by atomic mass is 10.3. The maximum atomic E-state index is 5.94. The number of rotatable bonds is 5. The summed E-state index contributed by atoms with van der Waals surface area (Å²) in [5.74, 6) is 2.56. The van der Waals surface area contributed by atoms with E-state index in [1.54, 1.807) is 14.2 Å². The van der Waals surface area contributed by atoms with Crippen molar-refractivity contribution >= 4 is 28.8 Å². The van der Waals surface area contributed by atoms with Gasteiger partial charge in [-0.2, -0.15) is 0 Å². The van der Waals surface area contributed by atoms with Gasteiger partial charge in [0.2, 0.25) is 0 Å². The number of hydrogen-bond acceptors (Lipinski definition) is 3. The van der Waals surface area contributed by atoms with Crippen LogP contribution in [0, 0.1) is 0 Å². The minimum Gasteiger partial charge on any atom is -0.497 e. The summed E-state index contributed by atoms with van der Waals surface area (Å²) in [7, 11) is 3.27. The van der Waals surface area contributed by atoms with Crippen molar-refractivity contribution in [2.45, 2.75) is 0 Å². The first-order chi connectivity index (χ1) is 10.2. The highest BCUT2D eigenvalue weighted by Crippen LogP contribution is 2.19. The SMILES string of the molecule is COc1ccc(N=C(CCl)Nc2ccc(OC)cc2)cc1. The van der Waals surface area contributed by atoms with Crippen molar-refractivity contribution in [1.82, 2.24) is 0 Å². The van der Waals surface area contributed by atoms with E-state index in [1.807, 2.05) is 48.5 Å². The molecule has 5 heteroatoms. The highest BCUT2D eigenvalue weighted by atomic mass is 35.5. The van der Waals surface area contributed by atoms with Crippen molar-refractivity contribution in [3.63, 3.8) is 0 Å².